The van der Waals surface area contributed by atoms with Crippen molar-refractivity contribution in [3.63, 3.8) is 0 Å². The van der Waals surface area contributed by atoms with Crippen molar-refractivity contribution in [3.05, 3.63) is 60.2 Å². The normalized spacial score (nSPS) is 14.0. The minimum atomic E-state index is -0.184. The van der Waals surface area contributed by atoms with Crippen LogP contribution < -0.4 is 15.0 Å². The highest BCUT2D eigenvalue weighted by atomic mass is 16.5. The third kappa shape index (κ3) is 5.00. The van der Waals surface area contributed by atoms with Crippen LogP contribution in [0.15, 0.2) is 54.6 Å². The maximum Gasteiger partial charge on any atom is 0.242 e. The SMILES string of the molecule is COc1ccccc1CC(=O)NCC(=O)N1CCN(c2ccccc2)CC1. The molecule has 1 N–H and O–H groups in total. The molecule has 3 rings (SSSR count). The Balaban J connectivity index is 1.44. The third-order valence-electron chi connectivity index (χ3n) is 4.73. The van der Waals surface area contributed by atoms with E-state index in [4.69, 9.17) is 4.74 Å². The molecule has 0 atom stereocenters. The second-order valence-corrected chi connectivity index (χ2v) is 6.47. The van der Waals surface area contributed by atoms with Gasteiger partial charge in [-0.1, -0.05) is 36.4 Å². The summed E-state index contributed by atoms with van der Waals surface area (Å²) < 4.78 is 5.25. The topological polar surface area (TPSA) is 61.9 Å². The molecular weight excluding hydrogens is 342 g/mol. The number of hydrogen-bond acceptors (Lipinski definition) is 4. The van der Waals surface area contributed by atoms with Gasteiger partial charge < -0.3 is 19.9 Å². The number of nitrogens with one attached hydrogen (secondary N) is 1. The Labute approximate surface area is 159 Å². The van der Waals surface area contributed by atoms with Gasteiger partial charge in [0.1, 0.15) is 5.75 Å². The van der Waals surface area contributed by atoms with Crippen molar-refractivity contribution < 1.29 is 14.3 Å². The monoisotopic (exact) mass is 367 g/mol. The zero-order chi connectivity index (χ0) is 19.1. The molecule has 142 valence electrons. The molecular formula is C21H25N3O3. The van der Waals surface area contributed by atoms with Crippen molar-refractivity contribution in [2.75, 3.05) is 44.7 Å². The van der Waals surface area contributed by atoms with Crippen LogP contribution in [-0.2, 0) is 16.0 Å². The van der Waals surface area contributed by atoms with E-state index in [0.717, 1.165) is 18.7 Å². The summed E-state index contributed by atoms with van der Waals surface area (Å²) in [5, 5.41) is 2.72. The molecule has 0 unspecified atom stereocenters. The molecule has 2 aromatic carbocycles. The van der Waals surface area contributed by atoms with Crippen LogP contribution in [0.25, 0.3) is 0 Å². The lowest BCUT2D eigenvalue weighted by Gasteiger charge is -2.36. The van der Waals surface area contributed by atoms with Crippen molar-refractivity contribution in [1.82, 2.24) is 10.2 Å². The molecule has 0 saturated carbocycles. The molecule has 1 aliphatic heterocycles. The Morgan fingerprint density at radius 3 is 2.33 bits per heavy atom. The Hall–Kier alpha value is -3.02. The zero-order valence-electron chi connectivity index (χ0n) is 15.6. The van der Waals surface area contributed by atoms with Crippen molar-refractivity contribution in [2.45, 2.75) is 6.42 Å². The zero-order valence-corrected chi connectivity index (χ0v) is 15.6. The Morgan fingerprint density at radius 1 is 0.963 bits per heavy atom. The number of amides is 2. The highest BCUT2D eigenvalue weighted by Gasteiger charge is 2.21. The van der Waals surface area contributed by atoms with Crippen molar-refractivity contribution >= 4 is 17.5 Å². The summed E-state index contributed by atoms with van der Waals surface area (Å²) in [5.41, 5.74) is 1.98. The van der Waals surface area contributed by atoms with E-state index in [-0.39, 0.29) is 24.8 Å². The lowest BCUT2D eigenvalue weighted by molar-refractivity contribution is -0.133. The molecule has 1 aliphatic rings. The van der Waals surface area contributed by atoms with Gasteiger partial charge in [0, 0.05) is 37.4 Å². The summed E-state index contributed by atoms with van der Waals surface area (Å²) in [5.74, 6) is 0.447. The molecule has 2 aromatic rings. The number of piperazine rings is 1. The number of benzene rings is 2. The van der Waals surface area contributed by atoms with E-state index in [2.05, 4.69) is 22.3 Å². The van der Waals surface area contributed by atoms with E-state index < -0.39 is 0 Å². The predicted octanol–water partition coefficient (Wildman–Crippen LogP) is 1.70. The number of anilines is 1. The lowest BCUT2D eigenvalue weighted by Crippen LogP contribution is -2.51. The van der Waals surface area contributed by atoms with Gasteiger partial charge in [0.05, 0.1) is 20.1 Å². The van der Waals surface area contributed by atoms with E-state index in [9.17, 15) is 9.59 Å². The summed E-state index contributed by atoms with van der Waals surface area (Å²) in [6, 6.07) is 17.6. The fourth-order valence-electron chi connectivity index (χ4n) is 3.22. The smallest absolute Gasteiger partial charge is 0.242 e. The molecule has 0 aliphatic carbocycles. The Kier molecular flexibility index (Phi) is 6.30. The first-order valence-electron chi connectivity index (χ1n) is 9.13. The van der Waals surface area contributed by atoms with E-state index in [1.54, 1.807) is 7.11 Å². The van der Waals surface area contributed by atoms with Crippen LogP contribution in [0, 0.1) is 0 Å². The predicted molar refractivity (Wildman–Crippen MR) is 105 cm³/mol. The number of hydrogen-bond donors (Lipinski definition) is 1. The quantitative estimate of drug-likeness (QED) is 0.844. The van der Waals surface area contributed by atoms with Gasteiger partial charge in [0.25, 0.3) is 0 Å². The first kappa shape index (κ1) is 18.8. The van der Waals surface area contributed by atoms with Crippen molar-refractivity contribution in [1.29, 1.82) is 0 Å². The number of carbonyl (C=O) groups excluding carboxylic acids is 2. The second-order valence-electron chi connectivity index (χ2n) is 6.47. The molecule has 1 saturated heterocycles. The second kappa shape index (κ2) is 9.07. The largest absolute Gasteiger partial charge is 0.496 e. The summed E-state index contributed by atoms with van der Waals surface area (Å²) in [6.45, 7) is 2.95. The Bertz CT molecular complexity index is 771. The summed E-state index contributed by atoms with van der Waals surface area (Å²) in [6.07, 6.45) is 0.194. The van der Waals surface area contributed by atoms with E-state index >= 15 is 0 Å². The van der Waals surface area contributed by atoms with Crippen LogP contribution >= 0.6 is 0 Å². The molecule has 0 bridgehead atoms. The number of nitrogens with zero attached hydrogens (tertiary/aromatic N) is 2. The van der Waals surface area contributed by atoms with Gasteiger partial charge in [-0.15, -0.1) is 0 Å². The van der Waals surface area contributed by atoms with Crippen molar-refractivity contribution in [2.24, 2.45) is 0 Å². The maximum absolute atomic E-state index is 12.4. The lowest BCUT2D eigenvalue weighted by atomic mass is 10.1. The third-order valence-corrected chi connectivity index (χ3v) is 4.73. The van der Waals surface area contributed by atoms with E-state index in [1.165, 1.54) is 5.69 Å². The molecule has 1 heterocycles. The van der Waals surface area contributed by atoms with Gasteiger partial charge in [-0.05, 0) is 18.2 Å². The van der Waals surface area contributed by atoms with Crippen LogP contribution in [0.3, 0.4) is 0 Å². The highest BCUT2D eigenvalue weighted by Crippen LogP contribution is 2.18. The average Bonchev–Trinajstić information content (AvgIpc) is 2.73. The molecule has 1 fully saturated rings. The number of methoxy groups -OCH3 is 1. The number of carbonyl (C=O) groups is 2. The maximum atomic E-state index is 12.4. The molecule has 0 spiro atoms. The molecule has 0 radical (unpaired) electrons. The highest BCUT2D eigenvalue weighted by molar-refractivity contribution is 5.86. The number of rotatable bonds is 6. The van der Waals surface area contributed by atoms with Crippen LogP contribution in [0.2, 0.25) is 0 Å². The molecule has 6 heteroatoms. The fraction of sp³-hybridized carbons (Fsp3) is 0.333. The van der Waals surface area contributed by atoms with Gasteiger partial charge in [-0.3, -0.25) is 9.59 Å². The van der Waals surface area contributed by atoms with Crippen LogP contribution in [0.1, 0.15) is 5.56 Å². The molecule has 27 heavy (non-hydrogen) atoms. The summed E-state index contributed by atoms with van der Waals surface area (Å²) >= 11 is 0. The first-order chi connectivity index (χ1) is 13.2. The Morgan fingerprint density at radius 2 is 1.63 bits per heavy atom. The van der Waals surface area contributed by atoms with Crippen LogP contribution in [-0.4, -0.2) is 56.5 Å². The van der Waals surface area contributed by atoms with E-state index in [0.29, 0.717) is 18.8 Å². The molecule has 0 aromatic heterocycles. The summed E-state index contributed by atoms with van der Waals surface area (Å²) in [7, 11) is 1.58. The average molecular weight is 367 g/mol. The minimum Gasteiger partial charge on any atom is -0.496 e. The van der Waals surface area contributed by atoms with Crippen LogP contribution in [0.4, 0.5) is 5.69 Å². The fourth-order valence-corrected chi connectivity index (χ4v) is 3.22. The van der Waals surface area contributed by atoms with Gasteiger partial charge in [0.2, 0.25) is 11.8 Å². The minimum absolute atomic E-state index is 0.0271. The van der Waals surface area contributed by atoms with Crippen molar-refractivity contribution in [3.8, 4) is 5.75 Å². The molecule has 6 nitrogen and oxygen atoms in total. The van der Waals surface area contributed by atoms with Gasteiger partial charge >= 0.3 is 0 Å². The number of ether oxygens (including phenoxy) is 1. The first-order valence-corrected chi connectivity index (χ1v) is 9.13. The van der Waals surface area contributed by atoms with E-state index in [1.807, 2.05) is 47.4 Å². The van der Waals surface area contributed by atoms with Gasteiger partial charge in [-0.2, -0.15) is 0 Å². The summed E-state index contributed by atoms with van der Waals surface area (Å²) in [4.78, 5) is 28.6. The standard InChI is InChI=1S/C21H25N3O3/c1-27-19-10-6-5-7-17(19)15-20(25)22-16-21(26)24-13-11-23(12-14-24)18-8-3-2-4-9-18/h2-10H,11-16H2,1H3,(H,22,25). The van der Waals surface area contributed by atoms with Gasteiger partial charge in [-0.25, -0.2) is 0 Å². The number of para-hydroxylation sites is 2. The van der Waals surface area contributed by atoms with Gasteiger partial charge in [0.15, 0.2) is 0 Å². The van der Waals surface area contributed by atoms with Crippen LogP contribution in [0.5, 0.6) is 5.75 Å². The molecule has 2 amide bonds.